The second-order valence-corrected chi connectivity index (χ2v) is 3.90. The molecule has 0 aliphatic carbocycles. The molecule has 0 spiro atoms. The molecule has 0 bridgehead atoms. The van der Waals surface area contributed by atoms with Crippen molar-refractivity contribution in [1.29, 1.82) is 0 Å². The molecule has 0 aliphatic rings. The number of ether oxygens (including phenoxy) is 1. The zero-order valence-corrected chi connectivity index (χ0v) is 10.5. The van der Waals surface area contributed by atoms with Crippen molar-refractivity contribution >= 4 is 12.3 Å². The minimum absolute atomic E-state index is 0.0613. The fraction of sp³-hybridized carbons (Fsp3) is 0.385. The Labute approximate surface area is 110 Å². The summed E-state index contributed by atoms with van der Waals surface area (Å²) in [6.07, 6.45) is 0.474. The van der Waals surface area contributed by atoms with Gasteiger partial charge in [0.15, 0.2) is 0 Å². The van der Waals surface area contributed by atoms with Crippen molar-refractivity contribution in [3.8, 4) is 0 Å². The van der Waals surface area contributed by atoms with E-state index >= 15 is 0 Å². The van der Waals surface area contributed by atoms with Gasteiger partial charge >= 0.3 is 12.0 Å². The first-order valence-corrected chi connectivity index (χ1v) is 5.90. The standard InChI is InChI=1S/C13H15NO5/c1-2-19-13(16)12(14(17)18)11(8-9-15)10-6-4-3-5-7-10/h3-7,9,11-12H,2,8H2,1H3/t11-,12?/m0/s1. The molecule has 102 valence electrons. The molecule has 1 rings (SSSR count). The van der Waals surface area contributed by atoms with E-state index < -0.39 is 22.9 Å². The summed E-state index contributed by atoms with van der Waals surface area (Å²) in [4.78, 5) is 32.8. The molecule has 0 N–H and O–H groups in total. The van der Waals surface area contributed by atoms with Gasteiger partial charge in [-0.05, 0) is 12.5 Å². The molecular weight excluding hydrogens is 250 g/mol. The lowest BCUT2D eigenvalue weighted by atomic mass is 9.89. The summed E-state index contributed by atoms with van der Waals surface area (Å²) in [5, 5.41) is 11.1. The normalized spacial score (nSPS) is 13.3. The average Bonchev–Trinajstić information content (AvgIpc) is 2.39. The van der Waals surface area contributed by atoms with Crippen molar-refractivity contribution in [2.24, 2.45) is 0 Å². The molecule has 19 heavy (non-hydrogen) atoms. The minimum atomic E-state index is -1.56. The van der Waals surface area contributed by atoms with E-state index in [1.807, 2.05) is 0 Å². The molecule has 0 aromatic heterocycles. The number of nitro groups is 1. The van der Waals surface area contributed by atoms with Crippen molar-refractivity contribution in [3.05, 3.63) is 46.0 Å². The molecule has 0 amide bonds. The summed E-state index contributed by atoms with van der Waals surface area (Å²) in [7, 11) is 0. The van der Waals surface area contributed by atoms with Crippen LogP contribution in [-0.4, -0.2) is 29.8 Å². The van der Waals surface area contributed by atoms with Crippen LogP contribution < -0.4 is 0 Å². The third-order valence-electron chi connectivity index (χ3n) is 2.71. The van der Waals surface area contributed by atoms with Crippen LogP contribution in [0.1, 0.15) is 24.8 Å². The summed E-state index contributed by atoms with van der Waals surface area (Å²) >= 11 is 0. The van der Waals surface area contributed by atoms with E-state index in [1.54, 1.807) is 37.3 Å². The highest BCUT2D eigenvalue weighted by Gasteiger charge is 2.40. The van der Waals surface area contributed by atoms with Crippen molar-refractivity contribution in [2.45, 2.75) is 25.3 Å². The Hall–Kier alpha value is -2.24. The monoisotopic (exact) mass is 265 g/mol. The Kier molecular flexibility index (Phi) is 5.66. The molecule has 0 radical (unpaired) electrons. The first-order chi connectivity index (χ1) is 9.11. The maximum atomic E-state index is 11.7. The summed E-state index contributed by atoms with van der Waals surface area (Å²) in [6.45, 7) is 1.64. The minimum Gasteiger partial charge on any atom is -0.461 e. The molecule has 0 aliphatic heterocycles. The van der Waals surface area contributed by atoms with E-state index in [0.717, 1.165) is 0 Å². The van der Waals surface area contributed by atoms with Crippen LogP contribution in [0.25, 0.3) is 0 Å². The van der Waals surface area contributed by atoms with Gasteiger partial charge < -0.3 is 9.53 Å². The van der Waals surface area contributed by atoms with E-state index in [4.69, 9.17) is 4.74 Å². The fourth-order valence-electron chi connectivity index (χ4n) is 1.88. The van der Waals surface area contributed by atoms with Crippen molar-refractivity contribution in [2.75, 3.05) is 6.61 Å². The Morgan fingerprint density at radius 1 is 1.42 bits per heavy atom. The van der Waals surface area contributed by atoms with Crippen molar-refractivity contribution in [1.82, 2.24) is 0 Å². The zero-order chi connectivity index (χ0) is 14.3. The Balaban J connectivity index is 3.09. The number of aldehydes is 1. The molecule has 1 aromatic rings. The topological polar surface area (TPSA) is 86.5 Å². The highest BCUT2D eigenvalue weighted by Crippen LogP contribution is 2.25. The quantitative estimate of drug-likeness (QED) is 0.323. The first-order valence-electron chi connectivity index (χ1n) is 5.90. The van der Waals surface area contributed by atoms with E-state index in [1.165, 1.54) is 0 Å². The van der Waals surface area contributed by atoms with Crippen LogP contribution in [0.4, 0.5) is 0 Å². The van der Waals surface area contributed by atoms with Gasteiger partial charge in [-0.3, -0.25) is 10.1 Å². The first kappa shape index (κ1) is 14.8. The molecule has 1 aromatic carbocycles. The van der Waals surface area contributed by atoms with E-state index in [-0.39, 0.29) is 13.0 Å². The SMILES string of the molecule is CCOC(=O)C([C@@H](CC=O)c1ccccc1)[N+](=O)[O-]. The molecule has 0 fully saturated rings. The van der Waals surface area contributed by atoms with E-state index in [9.17, 15) is 19.7 Å². The number of hydrogen-bond donors (Lipinski definition) is 0. The van der Waals surface area contributed by atoms with Crippen molar-refractivity contribution < 1.29 is 19.2 Å². The van der Waals surface area contributed by atoms with E-state index in [2.05, 4.69) is 0 Å². The van der Waals surface area contributed by atoms with Gasteiger partial charge in [0.2, 0.25) is 0 Å². The highest BCUT2D eigenvalue weighted by molar-refractivity contribution is 5.76. The molecule has 0 saturated carbocycles. The van der Waals surface area contributed by atoms with Gasteiger partial charge in [0.1, 0.15) is 6.29 Å². The lowest BCUT2D eigenvalue weighted by Crippen LogP contribution is -2.37. The molecule has 0 saturated heterocycles. The smallest absolute Gasteiger partial charge is 0.382 e. The van der Waals surface area contributed by atoms with Crippen LogP contribution in [-0.2, 0) is 14.3 Å². The molecule has 0 heterocycles. The summed E-state index contributed by atoms with van der Waals surface area (Å²) in [5.41, 5.74) is 0.573. The number of esters is 1. The summed E-state index contributed by atoms with van der Waals surface area (Å²) < 4.78 is 4.72. The fourth-order valence-corrected chi connectivity index (χ4v) is 1.88. The number of benzene rings is 1. The maximum Gasteiger partial charge on any atom is 0.382 e. The molecule has 6 heteroatoms. The second-order valence-electron chi connectivity index (χ2n) is 3.90. The van der Waals surface area contributed by atoms with Gasteiger partial charge in [0.05, 0.1) is 12.5 Å². The third-order valence-corrected chi connectivity index (χ3v) is 2.71. The van der Waals surface area contributed by atoms with Gasteiger partial charge in [-0.1, -0.05) is 30.3 Å². The van der Waals surface area contributed by atoms with Crippen LogP contribution in [0.3, 0.4) is 0 Å². The van der Waals surface area contributed by atoms with Crippen LogP contribution in [0, 0.1) is 10.1 Å². The Bertz CT molecular complexity index is 446. The van der Waals surface area contributed by atoms with Gasteiger partial charge in [-0.25, -0.2) is 4.79 Å². The Morgan fingerprint density at radius 3 is 2.53 bits per heavy atom. The van der Waals surface area contributed by atoms with Crippen LogP contribution in [0.2, 0.25) is 0 Å². The molecule has 1 unspecified atom stereocenters. The van der Waals surface area contributed by atoms with Gasteiger partial charge in [-0.15, -0.1) is 0 Å². The summed E-state index contributed by atoms with van der Waals surface area (Å²) in [6, 6.07) is 6.92. The lowest BCUT2D eigenvalue weighted by Gasteiger charge is -2.18. The lowest BCUT2D eigenvalue weighted by molar-refractivity contribution is -0.514. The number of carbonyl (C=O) groups is 2. The molecule has 2 atom stereocenters. The summed E-state index contributed by atoms with van der Waals surface area (Å²) in [5.74, 6) is -1.73. The third kappa shape index (κ3) is 3.87. The predicted molar refractivity (Wildman–Crippen MR) is 67.3 cm³/mol. The second kappa shape index (κ2) is 7.25. The largest absolute Gasteiger partial charge is 0.461 e. The molecular formula is C13H15NO5. The van der Waals surface area contributed by atoms with Crippen LogP contribution >= 0.6 is 0 Å². The zero-order valence-electron chi connectivity index (χ0n) is 10.5. The number of hydrogen-bond acceptors (Lipinski definition) is 5. The van der Waals surface area contributed by atoms with Gasteiger partial charge in [0, 0.05) is 11.3 Å². The molecule has 6 nitrogen and oxygen atoms in total. The van der Waals surface area contributed by atoms with E-state index in [0.29, 0.717) is 11.8 Å². The van der Waals surface area contributed by atoms with Crippen molar-refractivity contribution in [3.63, 3.8) is 0 Å². The maximum absolute atomic E-state index is 11.7. The number of rotatable bonds is 7. The highest BCUT2D eigenvalue weighted by atomic mass is 16.6. The van der Waals surface area contributed by atoms with Gasteiger partial charge in [-0.2, -0.15) is 0 Å². The average molecular weight is 265 g/mol. The predicted octanol–water partition coefficient (Wildman–Crippen LogP) is 1.57. The number of nitrogens with zero attached hydrogens (tertiary/aromatic N) is 1. The van der Waals surface area contributed by atoms with Crippen LogP contribution in [0.15, 0.2) is 30.3 Å². The number of carbonyl (C=O) groups excluding carboxylic acids is 2. The van der Waals surface area contributed by atoms with Crippen LogP contribution in [0.5, 0.6) is 0 Å². The Morgan fingerprint density at radius 2 is 2.05 bits per heavy atom. The van der Waals surface area contributed by atoms with Gasteiger partial charge in [0.25, 0.3) is 0 Å².